The molecule has 0 atom stereocenters. The highest BCUT2D eigenvalue weighted by molar-refractivity contribution is 7.98. The van der Waals surface area contributed by atoms with Crippen LogP contribution in [-0.4, -0.2) is 26.1 Å². The fourth-order valence-corrected chi connectivity index (χ4v) is 2.32. The van der Waals surface area contributed by atoms with Crippen molar-refractivity contribution < 1.29 is 4.79 Å². The molecule has 2 aromatic carbocycles. The van der Waals surface area contributed by atoms with Crippen LogP contribution < -0.4 is 4.90 Å². The molecule has 0 radical (unpaired) electrons. The molecule has 2 nitrogen and oxygen atoms in total. The molecular weight excluding hydrogens is 278 g/mol. The average Bonchev–Trinajstić information content (AvgIpc) is 2.53. The number of hydrogen-bond donors (Lipinski definition) is 0. The van der Waals surface area contributed by atoms with E-state index >= 15 is 0 Å². The Kier molecular flexibility index (Phi) is 5.23. The average molecular weight is 297 g/mol. The van der Waals surface area contributed by atoms with Crippen LogP contribution in [-0.2, 0) is 0 Å². The summed E-state index contributed by atoms with van der Waals surface area (Å²) in [5.74, 6) is 0.0272. The largest absolute Gasteiger partial charge is 0.378 e. The topological polar surface area (TPSA) is 20.3 Å². The highest BCUT2D eigenvalue weighted by Crippen LogP contribution is 2.16. The molecule has 0 aliphatic carbocycles. The van der Waals surface area contributed by atoms with Gasteiger partial charge in [-0.05, 0) is 54.3 Å². The Morgan fingerprint density at radius 3 is 2.14 bits per heavy atom. The number of thioether (sulfide) groups is 1. The second kappa shape index (κ2) is 7.14. The smallest absolute Gasteiger partial charge is 0.185 e. The van der Waals surface area contributed by atoms with E-state index in [1.807, 2.05) is 79.9 Å². The van der Waals surface area contributed by atoms with Crippen LogP contribution >= 0.6 is 11.8 Å². The second-order valence-corrected chi connectivity index (χ2v) is 5.79. The van der Waals surface area contributed by atoms with Gasteiger partial charge in [0, 0.05) is 30.2 Å². The Hall–Kier alpha value is -2.00. The van der Waals surface area contributed by atoms with E-state index in [0.717, 1.165) is 16.1 Å². The van der Waals surface area contributed by atoms with Crippen molar-refractivity contribution in [3.63, 3.8) is 0 Å². The molecule has 0 amide bonds. The van der Waals surface area contributed by atoms with Crippen molar-refractivity contribution in [3.05, 3.63) is 65.7 Å². The van der Waals surface area contributed by atoms with E-state index in [9.17, 15) is 4.79 Å². The van der Waals surface area contributed by atoms with Crippen molar-refractivity contribution in [2.45, 2.75) is 4.90 Å². The van der Waals surface area contributed by atoms with Crippen LogP contribution in [0.1, 0.15) is 15.9 Å². The van der Waals surface area contributed by atoms with Crippen molar-refractivity contribution in [1.82, 2.24) is 0 Å². The highest BCUT2D eigenvalue weighted by Gasteiger charge is 2.01. The summed E-state index contributed by atoms with van der Waals surface area (Å²) < 4.78 is 0. The maximum atomic E-state index is 12.1. The number of nitrogens with zero attached hydrogens (tertiary/aromatic N) is 1. The minimum Gasteiger partial charge on any atom is -0.378 e. The number of allylic oxidation sites excluding steroid dienone is 1. The number of carbonyl (C=O) groups is 1. The van der Waals surface area contributed by atoms with Gasteiger partial charge in [-0.1, -0.05) is 18.2 Å². The molecule has 0 saturated carbocycles. The predicted octanol–water partition coefficient (Wildman–Crippen LogP) is 4.37. The van der Waals surface area contributed by atoms with E-state index in [4.69, 9.17) is 0 Å². The quantitative estimate of drug-likeness (QED) is 0.464. The molecule has 0 aliphatic heterocycles. The maximum Gasteiger partial charge on any atom is 0.185 e. The van der Waals surface area contributed by atoms with Crippen LogP contribution in [0.25, 0.3) is 6.08 Å². The van der Waals surface area contributed by atoms with Crippen molar-refractivity contribution in [1.29, 1.82) is 0 Å². The van der Waals surface area contributed by atoms with Crippen molar-refractivity contribution in [2.24, 2.45) is 0 Å². The fourth-order valence-electron chi connectivity index (χ4n) is 1.91. The van der Waals surface area contributed by atoms with Gasteiger partial charge in [-0.2, -0.15) is 0 Å². The highest BCUT2D eigenvalue weighted by atomic mass is 32.2. The lowest BCUT2D eigenvalue weighted by Crippen LogP contribution is -2.07. The molecule has 0 aliphatic rings. The lowest BCUT2D eigenvalue weighted by Gasteiger charge is -2.11. The van der Waals surface area contributed by atoms with Crippen LogP contribution in [0, 0.1) is 0 Å². The van der Waals surface area contributed by atoms with E-state index < -0.39 is 0 Å². The summed E-state index contributed by atoms with van der Waals surface area (Å²) in [6.07, 6.45) is 5.50. The van der Waals surface area contributed by atoms with E-state index in [-0.39, 0.29) is 5.78 Å². The molecule has 0 aromatic heterocycles. The van der Waals surface area contributed by atoms with Crippen LogP contribution in [0.2, 0.25) is 0 Å². The van der Waals surface area contributed by atoms with Gasteiger partial charge < -0.3 is 4.90 Å². The monoisotopic (exact) mass is 297 g/mol. The molecule has 0 saturated heterocycles. The first-order valence-corrected chi connectivity index (χ1v) is 7.96. The SMILES string of the molecule is CSc1ccc(C(=O)/C=C\c2ccc(N(C)C)cc2)cc1. The van der Waals surface area contributed by atoms with Gasteiger partial charge in [-0.15, -0.1) is 11.8 Å². The molecule has 2 rings (SSSR count). The Labute approximate surface area is 130 Å². The Bertz CT molecular complexity index is 627. The first kappa shape index (κ1) is 15.4. The van der Waals surface area contributed by atoms with Crippen molar-refractivity contribution in [3.8, 4) is 0 Å². The van der Waals surface area contributed by atoms with Crippen molar-refractivity contribution in [2.75, 3.05) is 25.3 Å². The zero-order valence-electron chi connectivity index (χ0n) is 12.5. The number of benzene rings is 2. The maximum absolute atomic E-state index is 12.1. The number of carbonyl (C=O) groups excluding carboxylic acids is 1. The summed E-state index contributed by atoms with van der Waals surface area (Å²) in [4.78, 5) is 15.3. The summed E-state index contributed by atoms with van der Waals surface area (Å²) in [6.45, 7) is 0. The fraction of sp³-hybridized carbons (Fsp3) is 0.167. The third-order valence-electron chi connectivity index (χ3n) is 3.21. The van der Waals surface area contributed by atoms with Crippen LogP contribution in [0.4, 0.5) is 5.69 Å². The van der Waals surface area contributed by atoms with E-state index in [1.54, 1.807) is 17.8 Å². The molecule has 0 fully saturated rings. The number of rotatable bonds is 5. The van der Waals surface area contributed by atoms with Gasteiger partial charge >= 0.3 is 0 Å². The zero-order chi connectivity index (χ0) is 15.2. The predicted molar refractivity (Wildman–Crippen MR) is 92.4 cm³/mol. The van der Waals surface area contributed by atoms with Crippen LogP contribution in [0.3, 0.4) is 0 Å². The van der Waals surface area contributed by atoms with Crippen LogP contribution in [0.15, 0.2) is 59.5 Å². The molecule has 0 heterocycles. The third-order valence-corrected chi connectivity index (χ3v) is 3.95. The zero-order valence-corrected chi connectivity index (χ0v) is 13.4. The Morgan fingerprint density at radius 1 is 1.00 bits per heavy atom. The summed E-state index contributed by atoms with van der Waals surface area (Å²) in [5.41, 5.74) is 2.88. The van der Waals surface area contributed by atoms with Gasteiger partial charge in [0.15, 0.2) is 5.78 Å². The molecular formula is C18H19NOS. The lowest BCUT2D eigenvalue weighted by molar-refractivity contribution is 0.104. The minimum atomic E-state index is 0.0272. The molecule has 108 valence electrons. The van der Waals surface area contributed by atoms with E-state index in [1.165, 1.54) is 0 Å². The molecule has 0 spiro atoms. The van der Waals surface area contributed by atoms with Gasteiger partial charge in [0.25, 0.3) is 0 Å². The summed E-state index contributed by atoms with van der Waals surface area (Å²) >= 11 is 1.67. The summed E-state index contributed by atoms with van der Waals surface area (Å²) in [5, 5.41) is 0. The van der Waals surface area contributed by atoms with Gasteiger partial charge in [0.05, 0.1) is 0 Å². The first-order valence-electron chi connectivity index (χ1n) is 6.74. The van der Waals surface area contributed by atoms with Gasteiger partial charge in [0.1, 0.15) is 0 Å². The number of hydrogen-bond acceptors (Lipinski definition) is 3. The number of anilines is 1. The molecule has 0 unspecified atom stereocenters. The number of ketones is 1. The minimum absolute atomic E-state index is 0.0272. The molecule has 0 N–H and O–H groups in total. The van der Waals surface area contributed by atoms with Gasteiger partial charge in [-0.3, -0.25) is 4.79 Å². The van der Waals surface area contributed by atoms with Crippen LogP contribution in [0.5, 0.6) is 0 Å². The normalized spacial score (nSPS) is 10.8. The molecule has 0 bridgehead atoms. The Balaban J connectivity index is 2.07. The standard InChI is InChI=1S/C18H19NOS/c1-19(2)16-9-4-14(5-10-16)6-13-18(20)15-7-11-17(21-3)12-8-15/h4-13H,1-3H3/b13-6-. The second-order valence-electron chi connectivity index (χ2n) is 4.91. The first-order chi connectivity index (χ1) is 10.1. The molecule has 2 aromatic rings. The van der Waals surface area contributed by atoms with Crippen molar-refractivity contribution >= 4 is 29.3 Å². The van der Waals surface area contributed by atoms with Gasteiger partial charge in [-0.25, -0.2) is 0 Å². The third kappa shape index (κ3) is 4.23. The van der Waals surface area contributed by atoms with E-state index in [0.29, 0.717) is 5.56 Å². The summed E-state index contributed by atoms with van der Waals surface area (Å²) in [6, 6.07) is 15.8. The van der Waals surface area contributed by atoms with Gasteiger partial charge in [0.2, 0.25) is 0 Å². The Morgan fingerprint density at radius 2 is 1.62 bits per heavy atom. The lowest BCUT2D eigenvalue weighted by atomic mass is 10.1. The summed E-state index contributed by atoms with van der Waals surface area (Å²) in [7, 11) is 4.01. The molecule has 21 heavy (non-hydrogen) atoms. The molecule has 3 heteroatoms. The van der Waals surface area contributed by atoms with E-state index in [2.05, 4.69) is 0 Å².